The van der Waals surface area contributed by atoms with E-state index in [1.54, 1.807) is 7.11 Å². The van der Waals surface area contributed by atoms with Crippen LogP contribution < -0.4 is 0 Å². The molecule has 0 saturated carbocycles. The largest absolute Gasteiger partial charge is 0.376 e. The Balaban J connectivity index is -0.000000136. The first-order chi connectivity index (χ1) is 16.6. The van der Waals surface area contributed by atoms with Gasteiger partial charge in [0.25, 0.3) is 0 Å². The molecule has 0 aromatic heterocycles. The second-order valence-electron chi connectivity index (χ2n) is 7.58. The fourth-order valence-corrected chi connectivity index (χ4v) is 2.74. The topological polar surface area (TPSA) is 32.8 Å². The van der Waals surface area contributed by atoms with Gasteiger partial charge in [0.15, 0.2) is 0 Å². The van der Waals surface area contributed by atoms with E-state index >= 15 is 0 Å². The van der Waals surface area contributed by atoms with Crippen LogP contribution in [-0.4, -0.2) is 56.0 Å². The Morgan fingerprint density at radius 1 is 1.20 bits per heavy atom. The highest BCUT2D eigenvalue weighted by Gasteiger charge is 2.15. The third kappa shape index (κ3) is 32.3. The number of ether oxygens (including phenoxy) is 1. The monoisotopic (exact) mass is 500 g/mol. The Kier molecular flexibility index (Phi) is 42.7. The maximum Gasteiger partial charge on any atom is 0.116 e. The van der Waals surface area contributed by atoms with Crippen molar-refractivity contribution >= 4 is 6.29 Å². The van der Waals surface area contributed by atoms with Gasteiger partial charge in [0.1, 0.15) is 12.1 Å². The van der Waals surface area contributed by atoms with Gasteiger partial charge in [-0.1, -0.05) is 88.0 Å². The third-order valence-corrected chi connectivity index (χ3v) is 4.04. The van der Waals surface area contributed by atoms with Crippen molar-refractivity contribution in [3.63, 3.8) is 0 Å². The summed E-state index contributed by atoms with van der Waals surface area (Å²) < 4.78 is 17.6. The van der Waals surface area contributed by atoms with Crippen molar-refractivity contribution in [2.24, 2.45) is 5.92 Å². The fourth-order valence-electron chi connectivity index (χ4n) is 2.74. The predicted octanol–water partition coefficient (Wildman–Crippen LogP) is 8.82. The van der Waals surface area contributed by atoms with Gasteiger partial charge in [-0.05, 0) is 51.3 Å². The summed E-state index contributed by atoms with van der Waals surface area (Å²) in [5, 5.41) is 0. The number of nitrogens with zero attached hydrogens (tertiary/aromatic N) is 2. The van der Waals surface area contributed by atoms with E-state index in [4.69, 9.17) is 9.53 Å². The number of hydrogen-bond donors (Lipinski definition) is 0. The molecule has 35 heavy (non-hydrogen) atoms. The van der Waals surface area contributed by atoms with Crippen LogP contribution in [0.3, 0.4) is 0 Å². The minimum Gasteiger partial charge on any atom is -0.376 e. The summed E-state index contributed by atoms with van der Waals surface area (Å²) in [7, 11) is 3.65. The third-order valence-electron chi connectivity index (χ3n) is 4.04. The van der Waals surface area contributed by atoms with Crippen LogP contribution >= 0.6 is 0 Å². The SMILES string of the molecule is C=C(F)CN(C)CC(C)C.C=C1C=CN(CCCC)C(C(C)OC)=CC1.CC.CC.CC.CC=O. The van der Waals surface area contributed by atoms with E-state index in [9.17, 15) is 4.39 Å². The molecular formula is C30H61FN2O2. The molecule has 0 amide bonds. The van der Waals surface area contributed by atoms with E-state index in [0.717, 1.165) is 31.4 Å². The van der Waals surface area contributed by atoms with Gasteiger partial charge in [0, 0.05) is 38.6 Å². The zero-order chi connectivity index (χ0) is 28.8. The molecule has 0 radical (unpaired) electrons. The lowest BCUT2D eigenvalue weighted by Gasteiger charge is -2.26. The fraction of sp³-hybridized carbons (Fsp3) is 0.700. The summed E-state index contributed by atoms with van der Waals surface area (Å²) in [6, 6.07) is 0. The minimum absolute atomic E-state index is 0.146. The average molecular weight is 501 g/mol. The highest BCUT2D eigenvalue weighted by molar-refractivity contribution is 5.44. The number of carbonyl (C=O) groups excluding carboxylic acids is 1. The molecule has 1 rings (SSSR count). The molecule has 1 atom stereocenters. The lowest BCUT2D eigenvalue weighted by Crippen LogP contribution is -2.26. The summed E-state index contributed by atoms with van der Waals surface area (Å²) in [6.45, 7) is 31.5. The second-order valence-corrected chi connectivity index (χ2v) is 7.58. The number of allylic oxidation sites excluding steroid dienone is 3. The van der Waals surface area contributed by atoms with Gasteiger partial charge in [-0.2, -0.15) is 0 Å². The molecule has 1 unspecified atom stereocenters. The molecule has 0 aliphatic carbocycles. The standard InChI is InChI=1S/C14H23NO.C8H16FN.C2H4O.3C2H6/c1-5-6-10-15-11-9-12(2)7-8-14(15)13(3)16-4;1-7(2)5-10(4)6-8(3)9;1-2-3;3*1-2/h8-9,11,13H,2,5-7,10H2,1,3-4H3;7H,3,5-6H2,1-2,4H3;2H,1H3;3*1-2H3. The molecule has 1 aliphatic rings. The summed E-state index contributed by atoms with van der Waals surface area (Å²) in [5.41, 5.74) is 2.41. The second kappa shape index (κ2) is 34.4. The van der Waals surface area contributed by atoms with Gasteiger partial charge < -0.3 is 14.4 Å². The summed E-state index contributed by atoms with van der Waals surface area (Å²) in [6.07, 6.45) is 10.7. The van der Waals surface area contributed by atoms with E-state index < -0.39 is 0 Å². The molecule has 0 saturated heterocycles. The first kappa shape index (κ1) is 43.4. The Bertz CT molecular complexity index is 528. The minimum atomic E-state index is -0.261. The van der Waals surface area contributed by atoms with E-state index in [0.29, 0.717) is 12.5 Å². The molecule has 0 aromatic rings. The zero-order valence-corrected chi connectivity index (χ0v) is 25.7. The number of aldehydes is 1. The number of rotatable bonds is 9. The van der Waals surface area contributed by atoms with E-state index in [2.05, 4.69) is 64.1 Å². The summed E-state index contributed by atoms with van der Waals surface area (Å²) in [5.74, 6) is 0.326. The lowest BCUT2D eigenvalue weighted by molar-refractivity contribution is -0.106. The summed E-state index contributed by atoms with van der Waals surface area (Å²) in [4.78, 5) is 13.0. The molecule has 0 N–H and O–H groups in total. The Hall–Kier alpha value is -1.72. The van der Waals surface area contributed by atoms with Crippen LogP contribution in [0.1, 0.15) is 95.4 Å². The van der Waals surface area contributed by atoms with Crippen molar-refractivity contribution in [3.8, 4) is 0 Å². The number of unbranched alkanes of at least 4 members (excludes halogenated alkanes) is 1. The molecule has 5 heteroatoms. The molecule has 1 heterocycles. The lowest BCUT2D eigenvalue weighted by atomic mass is 10.1. The first-order valence-electron chi connectivity index (χ1n) is 13.4. The number of carbonyl (C=O) groups is 1. The maximum atomic E-state index is 12.2. The van der Waals surface area contributed by atoms with Gasteiger partial charge in [-0.15, -0.1) is 0 Å². The van der Waals surface area contributed by atoms with Gasteiger partial charge in [0.2, 0.25) is 0 Å². The van der Waals surface area contributed by atoms with Crippen molar-refractivity contribution in [1.29, 1.82) is 0 Å². The Morgan fingerprint density at radius 3 is 2.06 bits per heavy atom. The van der Waals surface area contributed by atoms with Crippen molar-refractivity contribution in [3.05, 3.63) is 48.6 Å². The Morgan fingerprint density at radius 2 is 1.69 bits per heavy atom. The number of hydrogen-bond acceptors (Lipinski definition) is 4. The zero-order valence-electron chi connectivity index (χ0n) is 25.7. The van der Waals surface area contributed by atoms with Gasteiger partial charge >= 0.3 is 0 Å². The predicted molar refractivity (Wildman–Crippen MR) is 157 cm³/mol. The van der Waals surface area contributed by atoms with E-state index in [1.807, 2.05) is 53.5 Å². The van der Waals surface area contributed by atoms with Crippen molar-refractivity contribution in [2.75, 3.05) is 33.8 Å². The van der Waals surface area contributed by atoms with Gasteiger partial charge in [0.05, 0.1) is 6.10 Å². The van der Waals surface area contributed by atoms with Crippen LogP contribution in [0, 0.1) is 5.92 Å². The van der Waals surface area contributed by atoms with Crippen LogP contribution in [0.4, 0.5) is 4.39 Å². The number of methoxy groups -OCH3 is 1. The maximum absolute atomic E-state index is 12.2. The summed E-state index contributed by atoms with van der Waals surface area (Å²) >= 11 is 0. The van der Waals surface area contributed by atoms with Gasteiger partial charge in [-0.3, -0.25) is 4.90 Å². The highest BCUT2D eigenvalue weighted by atomic mass is 19.1. The molecule has 0 spiro atoms. The van der Waals surface area contributed by atoms with Gasteiger partial charge in [-0.25, -0.2) is 4.39 Å². The Labute approximate surface area is 220 Å². The smallest absolute Gasteiger partial charge is 0.116 e. The highest BCUT2D eigenvalue weighted by Crippen LogP contribution is 2.20. The number of likely N-dealkylation sites (N-methyl/N-ethyl adjacent to an activating group) is 1. The molecular weight excluding hydrogens is 439 g/mol. The molecule has 4 nitrogen and oxygen atoms in total. The van der Waals surface area contributed by atoms with Crippen molar-refractivity contribution in [1.82, 2.24) is 9.80 Å². The quantitative estimate of drug-likeness (QED) is 0.296. The first-order valence-corrected chi connectivity index (χ1v) is 13.4. The molecule has 0 aromatic carbocycles. The van der Waals surface area contributed by atoms with Crippen LogP contribution in [0.15, 0.2) is 48.6 Å². The van der Waals surface area contributed by atoms with E-state index in [-0.39, 0.29) is 11.9 Å². The molecule has 1 aliphatic heterocycles. The van der Waals surface area contributed by atoms with Crippen LogP contribution in [0.5, 0.6) is 0 Å². The normalized spacial score (nSPS) is 12.4. The number of halogens is 1. The van der Waals surface area contributed by atoms with E-state index in [1.165, 1.54) is 25.5 Å². The van der Waals surface area contributed by atoms with Crippen LogP contribution in [0.2, 0.25) is 0 Å². The van der Waals surface area contributed by atoms with Crippen molar-refractivity contribution in [2.45, 2.75) is 102 Å². The van der Waals surface area contributed by atoms with Crippen molar-refractivity contribution < 1.29 is 13.9 Å². The van der Waals surface area contributed by atoms with Crippen LogP contribution in [0.25, 0.3) is 0 Å². The van der Waals surface area contributed by atoms with Crippen LogP contribution in [-0.2, 0) is 9.53 Å². The molecule has 0 fully saturated rings. The molecule has 210 valence electrons. The average Bonchev–Trinajstić information content (AvgIpc) is 3.02. The molecule has 0 bridgehead atoms.